The summed E-state index contributed by atoms with van der Waals surface area (Å²) in [6, 6.07) is 10.0. The predicted octanol–water partition coefficient (Wildman–Crippen LogP) is 2.01. The van der Waals surface area contributed by atoms with Crippen LogP contribution in [0.25, 0.3) is 0 Å². The van der Waals surface area contributed by atoms with Crippen molar-refractivity contribution < 1.29 is 9.53 Å². The Bertz CT molecular complexity index is 381. The van der Waals surface area contributed by atoms with E-state index >= 15 is 0 Å². The van der Waals surface area contributed by atoms with Crippen LogP contribution < -0.4 is 5.32 Å². The zero-order chi connectivity index (χ0) is 12.8. The molecule has 1 amide bonds. The van der Waals surface area contributed by atoms with Crippen molar-refractivity contribution in [3.05, 3.63) is 35.9 Å². The average molecular weight is 248 g/mol. The van der Waals surface area contributed by atoms with Gasteiger partial charge in [0.1, 0.15) is 6.61 Å². The van der Waals surface area contributed by atoms with Gasteiger partial charge in [-0.1, -0.05) is 30.3 Å². The van der Waals surface area contributed by atoms with Crippen molar-refractivity contribution in [3.63, 3.8) is 0 Å². The fourth-order valence-corrected chi connectivity index (χ4v) is 2.09. The van der Waals surface area contributed by atoms with Crippen LogP contribution in [0.3, 0.4) is 0 Å². The Morgan fingerprint density at radius 1 is 1.39 bits per heavy atom. The van der Waals surface area contributed by atoms with Crippen LogP contribution in [0.4, 0.5) is 4.79 Å². The summed E-state index contributed by atoms with van der Waals surface area (Å²) in [6.45, 7) is 4.93. The molecule has 0 saturated carbocycles. The minimum Gasteiger partial charge on any atom is -0.445 e. The molecule has 4 nitrogen and oxygen atoms in total. The number of carbonyl (C=O) groups is 1. The van der Waals surface area contributed by atoms with E-state index in [0.717, 1.165) is 31.6 Å². The van der Waals surface area contributed by atoms with Crippen molar-refractivity contribution in [1.29, 1.82) is 0 Å². The van der Waals surface area contributed by atoms with Gasteiger partial charge in [0, 0.05) is 19.1 Å². The maximum Gasteiger partial charge on any atom is 0.410 e. The molecule has 0 radical (unpaired) electrons. The maximum absolute atomic E-state index is 12.0. The van der Waals surface area contributed by atoms with Crippen LogP contribution in [0, 0.1) is 0 Å². The predicted molar refractivity (Wildman–Crippen MR) is 70.3 cm³/mol. The Hall–Kier alpha value is -1.55. The van der Waals surface area contributed by atoms with Gasteiger partial charge < -0.3 is 15.0 Å². The summed E-state index contributed by atoms with van der Waals surface area (Å²) < 4.78 is 5.35. The molecule has 1 unspecified atom stereocenters. The van der Waals surface area contributed by atoms with Gasteiger partial charge in [-0.3, -0.25) is 0 Å². The van der Waals surface area contributed by atoms with Crippen molar-refractivity contribution in [2.75, 3.05) is 19.6 Å². The molecule has 0 spiro atoms. The van der Waals surface area contributed by atoms with Crippen LogP contribution in [-0.2, 0) is 11.3 Å². The van der Waals surface area contributed by atoms with Crippen LogP contribution in [0.1, 0.15) is 18.9 Å². The van der Waals surface area contributed by atoms with Gasteiger partial charge in [0.05, 0.1) is 0 Å². The molecule has 2 rings (SSSR count). The summed E-state index contributed by atoms with van der Waals surface area (Å²) in [4.78, 5) is 13.8. The zero-order valence-corrected chi connectivity index (χ0v) is 10.8. The second kappa shape index (κ2) is 6.40. The van der Waals surface area contributed by atoms with Crippen molar-refractivity contribution in [1.82, 2.24) is 10.2 Å². The molecule has 1 N–H and O–H groups in total. The van der Waals surface area contributed by atoms with Crippen LogP contribution in [0.2, 0.25) is 0 Å². The molecule has 1 aliphatic heterocycles. The number of hydrogen-bond acceptors (Lipinski definition) is 3. The molecule has 1 heterocycles. The molecule has 1 saturated heterocycles. The standard InChI is InChI=1S/C14H20N2O2/c1-12-7-8-15-9-10-16(12)14(17)18-11-13-5-3-2-4-6-13/h2-6,12,15H,7-11H2,1H3. The van der Waals surface area contributed by atoms with E-state index in [9.17, 15) is 4.79 Å². The third-order valence-electron chi connectivity index (χ3n) is 3.24. The number of amides is 1. The van der Waals surface area contributed by atoms with Crippen molar-refractivity contribution >= 4 is 6.09 Å². The fraction of sp³-hybridized carbons (Fsp3) is 0.500. The van der Waals surface area contributed by atoms with Crippen molar-refractivity contribution in [2.24, 2.45) is 0 Å². The smallest absolute Gasteiger partial charge is 0.410 e. The topological polar surface area (TPSA) is 41.6 Å². The van der Waals surface area contributed by atoms with Crippen LogP contribution in [0.15, 0.2) is 30.3 Å². The Kier molecular flexibility index (Phi) is 4.59. The van der Waals surface area contributed by atoms with E-state index in [0.29, 0.717) is 6.61 Å². The molecule has 1 fully saturated rings. The second-order valence-corrected chi connectivity index (χ2v) is 4.62. The highest BCUT2D eigenvalue weighted by Crippen LogP contribution is 2.09. The monoisotopic (exact) mass is 248 g/mol. The number of nitrogens with one attached hydrogen (secondary N) is 1. The highest BCUT2D eigenvalue weighted by atomic mass is 16.6. The van der Waals surface area contributed by atoms with Gasteiger partial charge in [-0.25, -0.2) is 4.79 Å². The lowest BCUT2D eigenvalue weighted by Gasteiger charge is -2.25. The van der Waals surface area contributed by atoms with Crippen molar-refractivity contribution in [2.45, 2.75) is 26.0 Å². The van der Waals surface area contributed by atoms with E-state index in [1.54, 1.807) is 0 Å². The third kappa shape index (κ3) is 3.47. The molecule has 18 heavy (non-hydrogen) atoms. The number of ether oxygens (including phenoxy) is 1. The van der Waals surface area contributed by atoms with Gasteiger partial charge >= 0.3 is 6.09 Å². The van der Waals surface area contributed by atoms with Crippen molar-refractivity contribution in [3.8, 4) is 0 Å². The van der Waals surface area contributed by atoms with E-state index in [4.69, 9.17) is 4.74 Å². The summed E-state index contributed by atoms with van der Waals surface area (Å²) in [5.74, 6) is 0. The minimum atomic E-state index is -0.213. The van der Waals surface area contributed by atoms with Gasteiger partial charge in [0.25, 0.3) is 0 Å². The quantitative estimate of drug-likeness (QED) is 0.870. The second-order valence-electron chi connectivity index (χ2n) is 4.62. The van der Waals surface area contributed by atoms with Crippen LogP contribution in [-0.4, -0.2) is 36.7 Å². The Labute approximate surface area is 108 Å². The van der Waals surface area contributed by atoms with Gasteiger partial charge in [-0.15, -0.1) is 0 Å². The Morgan fingerprint density at radius 2 is 2.17 bits per heavy atom. The normalized spacial score (nSPS) is 20.3. The van der Waals surface area contributed by atoms with Gasteiger partial charge in [0.2, 0.25) is 0 Å². The highest BCUT2D eigenvalue weighted by molar-refractivity contribution is 5.68. The molecule has 0 bridgehead atoms. The number of benzene rings is 1. The van der Waals surface area contributed by atoms with E-state index in [2.05, 4.69) is 12.2 Å². The molecule has 1 aliphatic rings. The highest BCUT2D eigenvalue weighted by Gasteiger charge is 2.22. The zero-order valence-electron chi connectivity index (χ0n) is 10.8. The SMILES string of the molecule is CC1CCNCCN1C(=O)OCc1ccccc1. The van der Waals surface area contributed by atoms with E-state index in [1.807, 2.05) is 35.2 Å². The molecule has 1 atom stereocenters. The Morgan fingerprint density at radius 3 is 2.94 bits per heavy atom. The summed E-state index contributed by atoms with van der Waals surface area (Å²) in [7, 11) is 0. The van der Waals surface area contributed by atoms with Crippen LogP contribution in [0.5, 0.6) is 0 Å². The summed E-state index contributed by atoms with van der Waals surface area (Å²) >= 11 is 0. The Balaban J connectivity index is 1.87. The maximum atomic E-state index is 12.0. The number of nitrogens with zero attached hydrogens (tertiary/aromatic N) is 1. The van der Waals surface area contributed by atoms with E-state index in [1.165, 1.54) is 0 Å². The summed E-state index contributed by atoms with van der Waals surface area (Å²) in [6.07, 6.45) is 0.760. The van der Waals surface area contributed by atoms with E-state index < -0.39 is 0 Å². The average Bonchev–Trinajstić information content (AvgIpc) is 2.62. The molecule has 1 aromatic carbocycles. The molecular formula is C14H20N2O2. The summed E-state index contributed by atoms with van der Waals surface area (Å²) in [5, 5.41) is 3.29. The minimum absolute atomic E-state index is 0.213. The first-order chi connectivity index (χ1) is 8.77. The first-order valence-electron chi connectivity index (χ1n) is 6.45. The lowest BCUT2D eigenvalue weighted by molar-refractivity contribution is 0.0856. The molecule has 98 valence electrons. The van der Waals surface area contributed by atoms with Gasteiger partial charge in [-0.05, 0) is 25.5 Å². The fourth-order valence-electron chi connectivity index (χ4n) is 2.09. The summed E-state index contributed by atoms with van der Waals surface area (Å²) in [5.41, 5.74) is 1.02. The number of hydrogen-bond donors (Lipinski definition) is 1. The molecule has 4 heteroatoms. The van der Waals surface area contributed by atoms with Crippen LogP contribution >= 0.6 is 0 Å². The third-order valence-corrected chi connectivity index (χ3v) is 3.24. The number of carbonyl (C=O) groups excluding carboxylic acids is 1. The van der Waals surface area contributed by atoms with E-state index in [-0.39, 0.29) is 12.1 Å². The lowest BCUT2D eigenvalue weighted by Crippen LogP contribution is -2.39. The molecule has 0 aliphatic carbocycles. The molecule has 1 aromatic rings. The molecule has 0 aromatic heterocycles. The first-order valence-corrected chi connectivity index (χ1v) is 6.45. The van der Waals surface area contributed by atoms with Gasteiger partial charge in [-0.2, -0.15) is 0 Å². The van der Waals surface area contributed by atoms with Gasteiger partial charge in [0.15, 0.2) is 0 Å². The largest absolute Gasteiger partial charge is 0.445 e. The first kappa shape index (κ1) is 12.9. The number of rotatable bonds is 2. The lowest BCUT2D eigenvalue weighted by atomic mass is 10.2. The molecular weight excluding hydrogens is 228 g/mol.